The molecule has 8 heteroatoms. The van der Waals surface area contributed by atoms with E-state index in [9.17, 15) is 20.2 Å². The summed E-state index contributed by atoms with van der Waals surface area (Å²) >= 11 is 11.0. The predicted molar refractivity (Wildman–Crippen MR) is 54.2 cm³/mol. The normalized spacial score (nSPS) is 10.3. The van der Waals surface area contributed by atoms with Crippen LogP contribution in [0, 0.1) is 20.2 Å². The third kappa shape index (κ3) is 2.54. The molecule has 0 atom stereocenters. The van der Waals surface area contributed by atoms with Gasteiger partial charge in [-0.15, -0.1) is 0 Å². The van der Waals surface area contributed by atoms with Crippen molar-refractivity contribution in [1.29, 1.82) is 0 Å². The van der Waals surface area contributed by atoms with E-state index in [0.717, 1.165) is 12.1 Å². The molecule has 80 valence electrons. The van der Waals surface area contributed by atoms with Gasteiger partial charge < -0.3 is 0 Å². The maximum atomic E-state index is 10.6. The molecule has 0 N–H and O–H groups in total. The van der Waals surface area contributed by atoms with Crippen molar-refractivity contribution >= 4 is 34.6 Å². The standard InChI is InChI=1S/C7H4Cl2N2O4/c8-7(9)5-2-1-4(10(12)13)3-6(5)11(14)15/h1-3,7H. The van der Waals surface area contributed by atoms with Gasteiger partial charge in [0.25, 0.3) is 11.4 Å². The first-order valence-corrected chi connectivity index (χ1v) is 4.51. The lowest BCUT2D eigenvalue weighted by atomic mass is 10.2. The lowest BCUT2D eigenvalue weighted by molar-refractivity contribution is -0.394. The number of alkyl halides is 2. The van der Waals surface area contributed by atoms with E-state index in [4.69, 9.17) is 23.2 Å². The summed E-state index contributed by atoms with van der Waals surface area (Å²) < 4.78 is 0. The van der Waals surface area contributed by atoms with Gasteiger partial charge in [0.2, 0.25) is 0 Å². The van der Waals surface area contributed by atoms with E-state index in [1.54, 1.807) is 0 Å². The quantitative estimate of drug-likeness (QED) is 0.469. The highest BCUT2D eigenvalue weighted by atomic mass is 35.5. The first-order chi connectivity index (χ1) is 6.93. The molecule has 1 aromatic carbocycles. The number of non-ortho nitro benzene ring substituents is 1. The van der Waals surface area contributed by atoms with Crippen molar-refractivity contribution in [1.82, 2.24) is 0 Å². The van der Waals surface area contributed by atoms with Gasteiger partial charge in [0, 0.05) is 6.07 Å². The number of halogens is 2. The molecular weight excluding hydrogens is 247 g/mol. The number of rotatable bonds is 3. The second-order valence-electron chi connectivity index (χ2n) is 2.56. The van der Waals surface area contributed by atoms with Gasteiger partial charge in [-0.2, -0.15) is 0 Å². The molecule has 0 saturated carbocycles. The molecule has 0 radical (unpaired) electrons. The Morgan fingerprint density at radius 1 is 1.13 bits per heavy atom. The Kier molecular flexibility index (Phi) is 3.43. The van der Waals surface area contributed by atoms with Gasteiger partial charge >= 0.3 is 0 Å². The summed E-state index contributed by atoms with van der Waals surface area (Å²) in [6.45, 7) is 0. The van der Waals surface area contributed by atoms with Gasteiger partial charge in [0.05, 0.1) is 21.5 Å². The maximum Gasteiger partial charge on any atom is 0.282 e. The number of nitro benzene ring substituents is 2. The topological polar surface area (TPSA) is 86.3 Å². The summed E-state index contributed by atoms with van der Waals surface area (Å²) in [5, 5.41) is 20.9. The number of nitro groups is 2. The Morgan fingerprint density at radius 2 is 1.73 bits per heavy atom. The van der Waals surface area contributed by atoms with Crippen molar-refractivity contribution < 1.29 is 9.85 Å². The molecule has 1 rings (SSSR count). The molecule has 0 aromatic heterocycles. The highest BCUT2D eigenvalue weighted by molar-refractivity contribution is 6.44. The van der Waals surface area contributed by atoms with E-state index in [0.29, 0.717) is 0 Å². The van der Waals surface area contributed by atoms with Gasteiger partial charge in [0.1, 0.15) is 4.84 Å². The molecule has 0 saturated heterocycles. The van der Waals surface area contributed by atoms with E-state index < -0.39 is 20.4 Å². The molecule has 0 fully saturated rings. The molecule has 6 nitrogen and oxygen atoms in total. The smallest absolute Gasteiger partial charge is 0.258 e. The minimum absolute atomic E-state index is 0.0360. The average Bonchev–Trinajstić information content (AvgIpc) is 2.16. The van der Waals surface area contributed by atoms with E-state index in [2.05, 4.69) is 0 Å². The Balaban J connectivity index is 3.33. The SMILES string of the molecule is O=[N+]([O-])c1ccc(C(Cl)Cl)c([N+](=O)[O-])c1. The van der Waals surface area contributed by atoms with Gasteiger partial charge in [-0.3, -0.25) is 20.2 Å². The predicted octanol–water partition coefficient (Wildman–Crippen LogP) is 2.98. The number of hydrogen-bond acceptors (Lipinski definition) is 4. The fourth-order valence-corrected chi connectivity index (χ4v) is 1.36. The Hall–Kier alpha value is -1.40. The molecule has 0 amide bonds. The largest absolute Gasteiger partial charge is 0.282 e. The molecular formula is C7H4Cl2N2O4. The minimum Gasteiger partial charge on any atom is -0.258 e. The van der Waals surface area contributed by atoms with Gasteiger partial charge in [0.15, 0.2) is 0 Å². The van der Waals surface area contributed by atoms with Crippen LogP contribution in [0.15, 0.2) is 18.2 Å². The molecule has 0 aliphatic heterocycles. The van der Waals surface area contributed by atoms with Crippen LogP contribution in [-0.2, 0) is 0 Å². The molecule has 0 spiro atoms. The summed E-state index contributed by atoms with van der Waals surface area (Å²) in [6.07, 6.45) is 0. The van der Waals surface area contributed by atoms with Crippen LogP contribution in [0.1, 0.15) is 10.4 Å². The van der Waals surface area contributed by atoms with Gasteiger partial charge in [-0.1, -0.05) is 23.2 Å². The van der Waals surface area contributed by atoms with Gasteiger partial charge in [-0.25, -0.2) is 0 Å². The third-order valence-electron chi connectivity index (χ3n) is 1.66. The van der Waals surface area contributed by atoms with E-state index in [1.165, 1.54) is 6.07 Å². The zero-order valence-corrected chi connectivity index (χ0v) is 8.60. The van der Waals surface area contributed by atoms with Crippen molar-refractivity contribution in [2.45, 2.75) is 4.84 Å². The summed E-state index contributed by atoms with van der Waals surface area (Å²) in [7, 11) is 0. The van der Waals surface area contributed by atoms with Crippen molar-refractivity contribution in [3.8, 4) is 0 Å². The maximum absolute atomic E-state index is 10.6. The average molecular weight is 251 g/mol. The lowest BCUT2D eigenvalue weighted by Crippen LogP contribution is -1.97. The van der Waals surface area contributed by atoms with Gasteiger partial charge in [-0.05, 0) is 6.07 Å². The van der Waals surface area contributed by atoms with Crippen molar-refractivity contribution in [3.05, 3.63) is 44.0 Å². The first-order valence-electron chi connectivity index (χ1n) is 3.64. The van der Waals surface area contributed by atoms with Crippen molar-refractivity contribution in [3.63, 3.8) is 0 Å². The molecule has 0 unspecified atom stereocenters. The molecule has 0 bridgehead atoms. The molecule has 0 aliphatic carbocycles. The summed E-state index contributed by atoms with van der Waals surface area (Å²) in [6, 6.07) is 3.11. The molecule has 0 heterocycles. The Bertz CT molecular complexity index is 421. The van der Waals surface area contributed by atoms with E-state index in [-0.39, 0.29) is 11.3 Å². The fourth-order valence-electron chi connectivity index (χ4n) is 0.988. The third-order valence-corrected chi connectivity index (χ3v) is 2.13. The number of hydrogen-bond donors (Lipinski definition) is 0. The van der Waals surface area contributed by atoms with Crippen molar-refractivity contribution in [2.24, 2.45) is 0 Å². The van der Waals surface area contributed by atoms with E-state index >= 15 is 0 Å². The molecule has 0 aliphatic rings. The molecule has 1 aromatic rings. The molecule has 15 heavy (non-hydrogen) atoms. The zero-order valence-electron chi connectivity index (χ0n) is 7.09. The number of benzene rings is 1. The van der Waals surface area contributed by atoms with Crippen LogP contribution in [0.25, 0.3) is 0 Å². The first kappa shape index (κ1) is 11.7. The minimum atomic E-state index is -1.09. The summed E-state index contributed by atoms with van der Waals surface area (Å²) in [4.78, 5) is 18.4. The van der Waals surface area contributed by atoms with Crippen LogP contribution in [0.2, 0.25) is 0 Å². The summed E-state index contributed by atoms with van der Waals surface area (Å²) in [5.41, 5.74) is -0.799. The van der Waals surface area contributed by atoms with Crippen LogP contribution < -0.4 is 0 Å². The highest BCUT2D eigenvalue weighted by Gasteiger charge is 2.22. The second kappa shape index (κ2) is 4.41. The van der Waals surface area contributed by atoms with Crippen LogP contribution >= 0.6 is 23.2 Å². The summed E-state index contributed by atoms with van der Waals surface area (Å²) in [5.74, 6) is 0. The fraction of sp³-hybridized carbons (Fsp3) is 0.143. The van der Waals surface area contributed by atoms with Crippen molar-refractivity contribution in [2.75, 3.05) is 0 Å². The Morgan fingerprint density at radius 3 is 2.13 bits per heavy atom. The zero-order chi connectivity index (χ0) is 11.6. The second-order valence-corrected chi connectivity index (χ2v) is 3.65. The lowest BCUT2D eigenvalue weighted by Gasteiger charge is -2.02. The number of nitrogens with zero attached hydrogens (tertiary/aromatic N) is 2. The monoisotopic (exact) mass is 250 g/mol. The van der Waals surface area contributed by atoms with Crippen LogP contribution in [0.4, 0.5) is 11.4 Å². The van der Waals surface area contributed by atoms with Crippen LogP contribution in [0.5, 0.6) is 0 Å². The van der Waals surface area contributed by atoms with E-state index in [1.807, 2.05) is 0 Å². The van der Waals surface area contributed by atoms with Crippen LogP contribution in [0.3, 0.4) is 0 Å². The van der Waals surface area contributed by atoms with Crippen LogP contribution in [-0.4, -0.2) is 9.85 Å². The Labute approximate surface area is 93.7 Å². The highest BCUT2D eigenvalue weighted by Crippen LogP contribution is 2.34.